The van der Waals surface area contributed by atoms with Crippen molar-refractivity contribution in [3.8, 4) is 5.88 Å². The van der Waals surface area contributed by atoms with Crippen molar-refractivity contribution in [2.75, 3.05) is 5.73 Å². The molecule has 0 aliphatic rings. The molecule has 4 nitrogen and oxygen atoms in total. The molecule has 78 valence electrons. The Kier molecular flexibility index (Phi) is 3.16. The quantitative estimate of drug-likeness (QED) is 0.813. The number of nitrogen functional groups attached to an aromatic ring is 1. The van der Waals surface area contributed by atoms with E-state index >= 15 is 0 Å². The summed E-state index contributed by atoms with van der Waals surface area (Å²) in [5, 5.41) is 0. The minimum Gasteiger partial charge on any atom is -0.413 e. The summed E-state index contributed by atoms with van der Waals surface area (Å²) < 4.78 is 27.7. The van der Waals surface area contributed by atoms with Crippen molar-refractivity contribution in [2.45, 2.75) is 26.4 Å². The summed E-state index contributed by atoms with van der Waals surface area (Å²) in [6, 6.07) is 0. The van der Waals surface area contributed by atoms with E-state index in [9.17, 15) is 8.78 Å². The minimum atomic E-state index is -2.93. The van der Waals surface area contributed by atoms with Gasteiger partial charge in [0.15, 0.2) is 5.82 Å². The van der Waals surface area contributed by atoms with E-state index in [1.807, 2.05) is 13.8 Å². The Hall–Kier alpha value is -1.46. The number of nitrogens with two attached hydrogens (primary N) is 1. The minimum absolute atomic E-state index is 0.114. The lowest BCUT2D eigenvalue weighted by molar-refractivity contribution is -0.0525. The van der Waals surface area contributed by atoms with Crippen molar-refractivity contribution in [1.29, 1.82) is 0 Å². The predicted octanol–water partition coefficient (Wildman–Crippen LogP) is 1.78. The number of anilines is 1. The van der Waals surface area contributed by atoms with Crippen molar-refractivity contribution in [3.63, 3.8) is 0 Å². The Morgan fingerprint density at radius 1 is 1.43 bits per heavy atom. The lowest BCUT2D eigenvalue weighted by atomic mass is 10.1. The van der Waals surface area contributed by atoms with E-state index in [0.29, 0.717) is 5.69 Å². The molecular formula is C8H11F2N3O. The highest BCUT2D eigenvalue weighted by molar-refractivity contribution is 5.40. The molecule has 0 bridgehead atoms. The maximum absolute atomic E-state index is 11.8. The lowest BCUT2D eigenvalue weighted by Crippen LogP contribution is -2.09. The number of halogens is 2. The second-order valence-corrected chi connectivity index (χ2v) is 3.02. The zero-order chi connectivity index (χ0) is 10.7. The van der Waals surface area contributed by atoms with Gasteiger partial charge in [-0.15, -0.1) is 0 Å². The van der Waals surface area contributed by atoms with Gasteiger partial charge < -0.3 is 10.5 Å². The summed E-state index contributed by atoms with van der Waals surface area (Å²) in [5.41, 5.74) is 6.02. The van der Waals surface area contributed by atoms with Gasteiger partial charge >= 0.3 is 6.61 Å². The third-order valence-corrected chi connectivity index (χ3v) is 1.57. The highest BCUT2D eigenvalue weighted by atomic mass is 19.3. The first-order chi connectivity index (χ1) is 6.50. The fourth-order valence-electron chi connectivity index (χ4n) is 0.860. The Morgan fingerprint density at radius 3 is 2.50 bits per heavy atom. The van der Waals surface area contributed by atoms with Gasteiger partial charge in [-0.2, -0.15) is 8.78 Å². The Labute approximate surface area is 80.1 Å². The molecule has 14 heavy (non-hydrogen) atoms. The molecule has 0 aromatic carbocycles. The topological polar surface area (TPSA) is 61.0 Å². The van der Waals surface area contributed by atoms with Gasteiger partial charge in [0, 0.05) is 0 Å². The summed E-state index contributed by atoms with van der Waals surface area (Å²) >= 11 is 0. The molecule has 0 aliphatic carbocycles. The number of ether oxygens (including phenoxy) is 1. The predicted molar refractivity (Wildman–Crippen MR) is 47.2 cm³/mol. The summed E-state index contributed by atoms with van der Waals surface area (Å²) in [4.78, 5) is 7.53. The van der Waals surface area contributed by atoms with Crippen molar-refractivity contribution >= 4 is 5.82 Å². The van der Waals surface area contributed by atoms with Gasteiger partial charge in [-0.3, -0.25) is 0 Å². The van der Waals surface area contributed by atoms with Crippen LogP contribution in [0.2, 0.25) is 0 Å². The molecule has 0 aliphatic heterocycles. The molecule has 2 N–H and O–H groups in total. The number of alkyl halides is 2. The van der Waals surface area contributed by atoms with E-state index in [4.69, 9.17) is 5.73 Å². The smallest absolute Gasteiger partial charge is 0.388 e. The molecule has 1 aromatic heterocycles. The molecule has 0 radical (unpaired) electrons. The highest BCUT2D eigenvalue weighted by Crippen LogP contribution is 2.20. The van der Waals surface area contributed by atoms with Gasteiger partial charge in [-0.25, -0.2) is 9.97 Å². The second kappa shape index (κ2) is 4.17. The average Bonchev–Trinajstić information content (AvgIpc) is 2.07. The summed E-state index contributed by atoms with van der Waals surface area (Å²) in [6.07, 6.45) is 1.37. The maximum Gasteiger partial charge on any atom is 0.388 e. The number of hydrogen-bond donors (Lipinski definition) is 1. The van der Waals surface area contributed by atoms with Crippen LogP contribution < -0.4 is 10.5 Å². The molecule has 0 saturated heterocycles. The van der Waals surface area contributed by atoms with Crippen LogP contribution in [0.3, 0.4) is 0 Å². The third kappa shape index (κ3) is 2.51. The third-order valence-electron chi connectivity index (χ3n) is 1.57. The standard InChI is InChI=1S/C8H11F2N3O/c1-4(2)5-3-12-7(6(11)13-5)14-8(9)10/h3-4,8H,1-2H3,(H2,11,13). The van der Waals surface area contributed by atoms with E-state index < -0.39 is 6.61 Å². The molecular weight excluding hydrogens is 192 g/mol. The van der Waals surface area contributed by atoms with E-state index in [2.05, 4.69) is 14.7 Å². The van der Waals surface area contributed by atoms with Crippen molar-refractivity contribution in [2.24, 2.45) is 0 Å². The number of aromatic nitrogens is 2. The Balaban J connectivity index is 2.90. The van der Waals surface area contributed by atoms with Gasteiger partial charge in [0.1, 0.15) is 0 Å². The van der Waals surface area contributed by atoms with E-state index in [0.717, 1.165) is 0 Å². The first kappa shape index (κ1) is 10.6. The van der Waals surface area contributed by atoms with Crippen molar-refractivity contribution < 1.29 is 13.5 Å². The van der Waals surface area contributed by atoms with Crippen LogP contribution in [0.25, 0.3) is 0 Å². The molecule has 0 spiro atoms. The van der Waals surface area contributed by atoms with Gasteiger partial charge in [-0.05, 0) is 5.92 Å². The van der Waals surface area contributed by atoms with Crippen LogP contribution in [0.4, 0.5) is 14.6 Å². The molecule has 1 rings (SSSR count). The van der Waals surface area contributed by atoms with E-state index in [1.165, 1.54) is 6.20 Å². The zero-order valence-corrected chi connectivity index (χ0v) is 7.87. The molecule has 6 heteroatoms. The molecule has 0 unspecified atom stereocenters. The van der Waals surface area contributed by atoms with Crippen LogP contribution in [0.5, 0.6) is 5.88 Å². The van der Waals surface area contributed by atoms with Crippen molar-refractivity contribution in [3.05, 3.63) is 11.9 Å². The van der Waals surface area contributed by atoms with Crippen molar-refractivity contribution in [1.82, 2.24) is 9.97 Å². The summed E-state index contributed by atoms with van der Waals surface area (Å²) in [6.45, 7) is 0.866. The zero-order valence-electron chi connectivity index (χ0n) is 7.87. The Bertz CT molecular complexity index is 317. The largest absolute Gasteiger partial charge is 0.413 e. The van der Waals surface area contributed by atoms with Crippen LogP contribution in [0.15, 0.2) is 6.20 Å². The second-order valence-electron chi connectivity index (χ2n) is 3.02. The van der Waals surface area contributed by atoms with Crippen LogP contribution in [0, 0.1) is 0 Å². The summed E-state index contributed by atoms with van der Waals surface area (Å²) in [7, 11) is 0. The number of hydrogen-bond acceptors (Lipinski definition) is 4. The van der Waals surface area contributed by atoms with Gasteiger partial charge in [0.25, 0.3) is 5.88 Å². The number of rotatable bonds is 3. The molecule has 0 atom stereocenters. The van der Waals surface area contributed by atoms with E-state index in [1.54, 1.807) is 0 Å². The molecule has 0 amide bonds. The molecule has 0 fully saturated rings. The van der Waals surface area contributed by atoms with Gasteiger partial charge in [-0.1, -0.05) is 13.8 Å². The lowest BCUT2D eigenvalue weighted by Gasteiger charge is -2.08. The normalized spacial score (nSPS) is 11.0. The van der Waals surface area contributed by atoms with Crippen LogP contribution in [-0.2, 0) is 0 Å². The van der Waals surface area contributed by atoms with Crippen LogP contribution in [0.1, 0.15) is 25.5 Å². The average molecular weight is 203 g/mol. The summed E-state index contributed by atoms with van der Waals surface area (Å²) in [5.74, 6) is -0.300. The van der Waals surface area contributed by atoms with E-state index in [-0.39, 0.29) is 17.6 Å². The van der Waals surface area contributed by atoms with Crippen LogP contribution >= 0.6 is 0 Å². The molecule has 0 saturated carbocycles. The van der Waals surface area contributed by atoms with Gasteiger partial charge in [0.05, 0.1) is 11.9 Å². The number of nitrogens with zero attached hydrogens (tertiary/aromatic N) is 2. The van der Waals surface area contributed by atoms with Crippen LogP contribution in [-0.4, -0.2) is 16.6 Å². The first-order valence-corrected chi connectivity index (χ1v) is 4.08. The van der Waals surface area contributed by atoms with Gasteiger partial charge in [0.2, 0.25) is 0 Å². The fraction of sp³-hybridized carbons (Fsp3) is 0.500. The maximum atomic E-state index is 11.8. The monoisotopic (exact) mass is 203 g/mol. The SMILES string of the molecule is CC(C)c1cnc(OC(F)F)c(N)n1. The fourth-order valence-corrected chi connectivity index (χ4v) is 0.860. The molecule has 1 heterocycles. The molecule has 1 aromatic rings. The Morgan fingerprint density at radius 2 is 2.07 bits per heavy atom. The highest BCUT2D eigenvalue weighted by Gasteiger charge is 2.12. The first-order valence-electron chi connectivity index (χ1n) is 4.08.